The number of rotatable bonds is 9. The lowest BCUT2D eigenvalue weighted by Crippen LogP contribution is -2.43. The van der Waals surface area contributed by atoms with Crippen molar-refractivity contribution < 1.29 is 23.9 Å². The summed E-state index contributed by atoms with van der Waals surface area (Å²) >= 11 is 0. The van der Waals surface area contributed by atoms with Crippen LogP contribution >= 0.6 is 0 Å². The van der Waals surface area contributed by atoms with Crippen LogP contribution in [0.2, 0.25) is 0 Å². The van der Waals surface area contributed by atoms with Gasteiger partial charge in [0.1, 0.15) is 12.4 Å². The molecule has 8 heteroatoms. The van der Waals surface area contributed by atoms with Crippen LogP contribution in [0.3, 0.4) is 0 Å². The van der Waals surface area contributed by atoms with Crippen molar-refractivity contribution in [1.29, 1.82) is 0 Å². The first-order chi connectivity index (χ1) is 13.3. The van der Waals surface area contributed by atoms with Crippen LogP contribution in [0.15, 0.2) is 54.6 Å². The maximum Gasteiger partial charge on any atom is 0.323 e. The van der Waals surface area contributed by atoms with E-state index in [0.29, 0.717) is 5.69 Å². The van der Waals surface area contributed by atoms with Gasteiger partial charge >= 0.3 is 5.97 Å². The fourth-order valence-corrected chi connectivity index (χ4v) is 2.58. The van der Waals surface area contributed by atoms with E-state index in [2.05, 4.69) is 10.6 Å². The van der Waals surface area contributed by atoms with Gasteiger partial charge in [-0.05, 0) is 36.8 Å². The summed E-state index contributed by atoms with van der Waals surface area (Å²) in [5, 5.41) is 14.2. The van der Waals surface area contributed by atoms with Crippen LogP contribution in [0.5, 0.6) is 0 Å². The van der Waals surface area contributed by atoms with Crippen LogP contribution in [0, 0.1) is 5.82 Å². The number of carbonyl (C=O) groups excluding carboxylic acids is 2. The third kappa shape index (κ3) is 6.71. The smallest absolute Gasteiger partial charge is 0.323 e. The number of carboxylic acids is 1. The number of carbonyl (C=O) groups is 3. The van der Waals surface area contributed by atoms with Crippen LogP contribution in [0.1, 0.15) is 18.5 Å². The number of anilines is 1. The molecule has 0 bridgehead atoms. The van der Waals surface area contributed by atoms with Gasteiger partial charge in [-0.1, -0.05) is 30.3 Å². The molecular formula is C20H22FN3O4. The number of carboxylic acid groups (broad SMARTS) is 1. The number of aliphatic carboxylic acids is 1. The van der Waals surface area contributed by atoms with Gasteiger partial charge in [-0.2, -0.15) is 0 Å². The van der Waals surface area contributed by atoms with Crippen molar-refractivity contribution in [2.75, 3.05) is 24.5 Å². The number of halogens is 1. The SMILES string of the molecule is CC(NC(=O)CNC(=O)CN(CC(=O)O)c1ccccc1)c1ccc(F)cc1. The van der Waals surface area contributed by atoms with Crippen molar-refractivity contribution in [2.24, 2.45) is 0 Å². The van der Waals surface area contributed by atoms with E-state index in [9.17, 15) is 18.8 Å². The third-order valence-corrected chi connectivity index (χ3v) is 3.98. The first kappa shape index (κ1) is 20.9. The molecule has 3 N–H and O–H groups in total. The molecule has 0 aliphatic carbocycles. The summed E-state index contributed by atoms with van der Waals surface area (Å²) in [6, 6.07) is 14.1. The molecule has 2 rings (SSSR count). The molecule has 0 saturated heterocycles. The van der Waals surface area contributed by atoms with Crippen LogP contribution in [0.25, 0.3) is 0 Å². The van der Waals surface area contributed by atoms with E-state index in [1.807, 2.05) is 0 Å². The Bertz CT molecular complexity index is 812. The molecule has 2 aromatic rings. The van der Waals surface area contributed by atoms with E-state index >= 15 is 0 Å². The highest BCUT2D eigenvalue weighted by atomic mass is 19.1. The Morgan fingerprint density at radius 2 is 1.64 bits per heavy atom. The van der Waals surface area contributed by atoms with Gasteiger partial charge < -0.3 is 20.6 Å². The monoisotopic (exact) mass is 387 g/mol. The normalized spacial score (nSPS) is 11.4. The van der Waals surface area contributed by atoms with Crippen LogP contribution in [-0.2, 0) is 14.4 Å². The molecular weight excluding hydrogens is 365 g/mol. The van der Waals surface area contributed by atoms with Crippen LogP contribution < -0.4 is 15.5 Å². The average molecular weight is 387 g/mol. The third-order valence-electron chi connectivity index (χ3n) is 3.98. The molecule has 148 valence electrons. The number of hydrogen-bond acceptors (Lipinski definition) is 4. The van der Waals surface area contributed by atoms with Crippen molar-refractivity contribution in [3.63, 3.8) is 0 Å². The Kier molecular flexibility index (Phi) is 7.50. The zero-order chi connectivity index (χ0) is 20.5. The van der Waals surface area contributed by atoms with E-state index in [-0.39, 0.29) is 31.5 Å². The molecule has 0 saturated carbocycles. The lowest BCUT2D eigenvalue weighted by atomic mass is 10.1. The molecule has 0 aromatic heterocycles. The van der Waals surface area contributed by atoms with Gasteiger partial charge in [0.2, 0.25) is 11.8 Å². The largest absolute Gasteiger partial charge is 0.480 e. The Morgan fingerprint density at radius 3 is 2.25 bits per heavy atom. The van der Waals surface area contributed by atoms with Crippen molar-refractivity contribution >= 4 is 23.5 Å². The molecule has 7 nitrogen and oxygen atoms in total. The second kappa shape index (κ2) is 10.1. The van der Waals surface area contributed by atoms with E-state index in [0.717, 1.165) is 5.56 Å². The standard InChI is InChI=1S/C20H22FN3O4/c1-14(15-7-9-16(21)10-8-15)23-18(25)11-22-19(26)12-24(13-20(27)28)17-5-3-2-4-6-17/h2-10,14H,11-13H2,1H3,(H,22,26)(H,23,25)(H,27,28). The van der Waals surface area contributed by atoms with Crippen molar-refractivity contribution in [3.8, 4) is 0 Å². The van der Waals surface area contributed by atoms with E-state index in [4.69, 9.17) is 5.11 Å². The average Bonchev–Trinajstić information content (AvgIpc) is 2.66. The summed E-state index contributed by atoms with van der Waals surface area (Å²) in [6.45, 7) is 0.958. The summed E-state index contributed by atoms with van der Waals surface area (Å²) in [5.41, 5.74) is 1.33. The van der Waals surface area contributed by atoms with Gasteiger partial charge in [-0.3, -0.25) is 14.4 Å². The molecule has 0 radical (unpaired) electrons. The summed E-state index contributed by atoms with van der Waals surface area (Å²) in [6.07, 6.45) is 0. The highest BCUT2D eigenvalue weighted by Gasteiger charge is 2.16. The number of nitrogens with zero attached hydrogens (tertiary/aromatic N) is 1. The molecule has 0 fully saturated rings. The first-order valence-corrected chi connectivity index (χ1v) is 8.68. The molecule has 0 aliphatic heterocycles. The molecule has 0 aliphatic rings. The summed E-state index contributed by atoms with van der Waals surface area (Å²) in [7, 11) is 0. The van der Waals surface area contributed by atoms with Crippen LogP contribution in [0.4, 0.5) is 10.1 Å². The minimum absolute atomic E-state index is 0.197. The van der Waals surface area contributed by atoms with Gasteiger partial charge in [0.05, 0.1) is 19.1 Å². The van der Waals surface area contributed by atoms with Crippen molar-refractivity contribution in [1.82, 2.24) is 10.6 Å². The zero-order valence-corrected chi connectivity index (χ0v) is 15.4. The first-order valence-electron chi connectivity index (χ1n) is 8.68. The number of benzene rings is 2. The van der Waals surface area contributed by atoms with Gasteiger partial charge in [-0.25, -0.2) is 4.39 Å². The van der Waals surface area contributed by atoms with Crippen molar-refractivity contribution in [3.05, 3.63) is 66.0 Å². The minimum atomic E-state index is -1.07. The maximum absolute atomic E-state index is 13.0. The Balaban J connectivity index is 1.85. The zero-order valence-electron chi connectivity index (χ0n) is 15.4. The molecule has 2 amide bonds. The summed E-state index contributed by atoms with van der Waals surface area (Å²) in [5.74, 6) is -2.31. The highest BCUT2D eigenvalue weighted by Crippen LogP contribution is 2.13. The predicted molar refractivity (Wildman–Crippen MR) is 102 cm³/mol. The lowest BCUT2D eigenvalue weighted by molar-refractivity contribution is -0.135. The number of amides is 2. The molecule has 2 aromatic carbocycles. The summed E-state index contributed by atoms with van der Waals surface area (Å²) < 4.78 is 13.0. The summed E-state index contributed by atoms with van der Waals surface area (Å²) in [4.78, 5) is 36.6. The highest BCUT2D eigenvalue weighted by molar-refractivity contribution is 5.88. The fourth-order valence-electron chi connectivity index (χ4n) is 2.58. The van der Waals surface area contributed by atoms with Crippen LogP contribution in [-0.4, -0.2) is 42.5 Å². The minimum Gasteiger partial charge on any atom is -0.480 e. The maximum atomic E-state index is 13.0. The van der Waals surface area contributed by atoms with E-state index < -0.39 is 17.8 Å². The number of hydrogen-bond donors (Lipinski definition) is 3. The van der Waals surface area contributed by atoms with Gasteiger partial charge in [0.25, 0.3) is 0 Å². The van der Waals surface area contributed by atoms with Gasteiger partial charge in [0, 0.05) is 5.69 Å². The second-order valence-electron chi connectivity index (χ2n) is 6.20. The second-order valence-corrected chi connectivity index (χ2v) is 6.20. The number of para-hydroxylation sites is 1. The van der Waals surface area contributed by atoms with Gasteiger partial charge in [-0.15, -0.1) is 0 Å². The molecule has 0 heterocycles. The van der Waals surface area contributed by atoms with Gasteiger partial charge in [0.15, 0.2) is 0 Å². The van der Waals surface area contributed by atoms with E-state index in [1.165, 1.54) is 17.0 Å². The molecule has 28 heavy (non-hydrogen) atoms. The van der Waals surface area contributed by atoms with Crippen molar-refractivity contribution in [2.45, 2.75) is 13.0 Å². The topological polar surface area (TPSA) is 98.7 Å². The molecule has 1 atom stereocenters. The van der Waals surface area contributed by atoms with E-state index in [1.54, 1.807) is 49.4 Å². The Hall–Kier alpha value is -3.42. The quantitative estimate of drug-likeness (QED) is 0.608. The Morgan fingerprint density at radius 1 is 1.00 bits per heavy atom. The molecule has 1 unspecified atom stereocenters. The predicted octanol–water partition coefficient (Wildman–Crippen LogP) is 1.71. The molecule has 0 spiro atoms. The Labute approximate surface area is 162 Å². The fraction of sp³-hybridized carbons (Fsp3) is 0.250. The number of nitrogens with one attached hydrogen (secondary N) is 2. The lowest BCUT2D eigenvalue weighted by Gasteiger charge is -2.22.